The highest BCUT2D eigenvalue weighted by atomic mass is 16.6. The van der Waals surface area contributed by atoms with Crippen molar-refractivity contribution < 1.29 is 10.0 Å². The van der Waals surface area contributed by atoms with Gasteiger partial charge in [-0.15, -0.1) is 0 Å². The number of anilines is 1. The first-order valence-electron chi connectivity index (χ1n) is 7.00. The molecule has 1 heterocycles. The van der Waals surface area contributed by atoms with E-state index < -0.39 is 4.92 Å². The zero-order valence-corrected chi connectivity index (χ0v) is 12.6. The van der Waals surface area contributed by atoms with Gasteiger partial charge in [0.1, 0.15) is 5.69 Å². The monoisotopic (exact) mass is 284 g/mol. The van der Waals surface area contributed by atoms with E-state index in [0.717, 1.165) is 6.42 Å². The molecule has 0 radical (unpaired) electrons. The zero-order valence-electron chi connectivity index (χ0n) is 12.6. The van der Waals surface area contributed by atoms with Crippen LogP contribution >= 0.6 is 0 Å². The van der Waals surface area contributed by atoms with Crippen LogP contribution in [-0.4, -0.2) is 33.0 Å². The standard InChI is InChI=1S/C13H24N4O3/c1-5-11(6-7-18)8-14-13-12(17(19)20)10(4)15-16(13)9(2)3/h9,11,14,18H,5-8H2,1-4H3. The van der Waals surface area contributed by atoms with Crippen LogP contribution in [0.3, 0.4) is 0 Å². The number of hydrogen-bond donors (Lipinski definition) is 2. The molecule has 0 aliphatic rings. The Balaban J connectivity index is 2.99. The maximum absolute atomic E-state index is 11.2. The molecular formula is C13H24N4O3. The first-order chi connectivity index (χ1) is 9.42. The molecule has 20 heavy (non-hydrogen) atoms. The average molecular weight is 284 g/mol. The summed E-state index contributed by atoms with van der Waals surface area (Å²) in [5, 5.41) is 27.6. The average Bonchev–Trinajstić information content (AvgIpc) is 2.71. The number of nitrogens with zero attached hydrogens (tertiary/aromatic N) is 3. The summed E-state index contributed by atoms with van der Waals surface area (Å²) in [4.78, 5) is 10.8. The van der Waals surface area contributed by atoms with Crippen molar-refractivity contribution in [3.8, 4) is 0 Å². The molecule has 0 fully saturated rings. The Morgan fingerprint density at radius 2 is 2.15 bits per heavy atom. The molecule has 0 aliphatic carbocycles. The molecule has 1 unspecified atom stereocenters. The highest BCUT2D eigenvalue weighted by molar-refractivity contribution is 5.59. The van der Waals surface area contributed by atoms with Gasteiger partial charge < -0.3 is 10.4 Å². The summed E-state index contributed by atoms with van der Waals surface area (Å²) in [7, 11) is 0. The summed E-state index contributed by atoms with van der Waals surface area (Å²) in [6, 6.07) is 0.0443. The Morgan fingerprint density at radius 3 is 2.60 bits per heavy atom. The van der Waals surface area contributed by atoms with Crippen LogP contribution in [0.5, 0.6) is 0 Å². The smallest absolute Gasteiger partial charge is 0.333 e. The van der Waals surface area contributed by atoms with Crippen molar-refractivity contribution in [2.45, 2.75) is 46.6 Å². The van der Waals surface area contributed by atoms with Gasteiger partial charge in [0.05, 0.1) is 4.92 Å². The molecular weight excluding hydrogens is 260 g/mol. The van der Waals surface area contributed by atoms with Gasteiger partial charge in [-0.25, -0.2) is 4.68 Å². The van der Waals surface area contributed by atoms with Gasteiger partial charge in [0, 0.05) is 19.2 Å². The van der Waals surface area contributed by atoms with Crippen molar-refractivity contribution in [3.05, 3.63) is 15.8 Å². The number of hydrogen-bond acceptors (Lipinski definition) is 5. The van der Waals surface area contributed by atoms with Crippen LogP contribution in [0.2, 0.25) is 0 Å². The van der Waals surface area contributed by atoms with Crippen molar-refractivity contribution >= 4 is 11.5 Å². The number of aromatic nitrogens is 2. The minimum absolute atomic E-state index is 0.0394. The van der Waals surface area contributed by atoms with E-state index in [1.165, 1.54) is 0 Å². The first kappa shape index (κ1) is 16.4. The molecule has 7 nitrogen and oxygen atoms in total. The lowest BCUT2D eigenvalue weighted by Gasteiger charge is -2.17. The van der Waals surface area contributed by atoms with Crippen LogP contribution in [0.4, 0.5) is 11.5 Å². The Hall–Kier alpha value is -1.63. The van der Waals surface area contributed by atoms with Crippen molar-refractivity contribution in [1.29, 1.82) is 0 Å². The third kappa shape index (κ3) is 3.69. The number of aliphatic hydroxyl groups excluding tert-OH is 1. The van der Waals surface area contributed by atoms with Crippen molar-refractivity contribution in [1.82, 2.24) is 9.78 Å². The summed E-state index contributed by atoms with van der Waals surface area (Å²) in [5.74, 6) is 0.745. The van der Waals surface area contributed by atoms with E-state index in [1.807, 2.05) is 20.8 Å². The molecule has 0 saturated carbocycles. The molecule has 0 aliphatic heterocycles. The lowest BCUT2D eigenvalue weighted by molar-refractivity contribution is -0.384. The third-order valence-electron chi connectivity index (χ3n) is 3.40. The van der Waals surface area contributed by atoms with E-state index >= 15 is 0 Å². The molecule has 1 rings (SSSR count). The van der Waals surface area contributed by atoms with Crippen LogP contribution in [0, 0.1) is 23.0 Å². The number of nitro groups is 1. The van der Waals surface area contributed by atoms with E-state index in [1.54, 1.807) is 11.6 Å². The van der Waals surface area contributed by atoms with Gasteiger partial charge in [-0.3, -0.25) is 10.1 Å². The number of aliphatic hydroxyl groups is 1. The van der Waals surface area contributed by atoms with E-state index in [4.69, 9.17) is 5.11 Å². The van der Waals surface area contributed by atoms with Gasteiger partial charge >= 0.3 is 5.69 Å². The molecule has 0 aromatic carbocycles. The summed E-state index contributed by atoms with van der Waals surface area (Å²) < 4.78 is 1.65. The molecule has 1 aromatic rings. The second-order valence-electron chi connectivity index (χ2n) is 5.25. The predicted molar refractivity (Wildman–Crippen MR) is 78.0 cm³/mol. The molecule has 1 aromatic heterocycles. The van der Waals surface area contributed by atoms with Crippen LogP contribution < -0.4 is 5.32 Å². The molecule has 2 N–H and O–H groups in total. The zero-order chi connectivity index (χ0) is 15.3. The fourth-order valence-corrected chi connectivity index (χ4v) is 2.17. The molecule has 0 bridgehead atoms. The normalized spacial score (nSPS) is 12.7. The Kier molecular flexibility index (Phi) is 5.94. The Labute approximate surface area is 119 Å². The minimum atomic E-state index is -0.392. The summed E-state index contributed by atoms with van der Waals surface area (Å²) in [6.45, 7) is 8.29. The summed E-state index contributed by atoms with van der Waals surface area (Å²) in [5.41, 5.74) is 0.457. The maximum Gasteiger partial charge on any atom is 0.333 e. The lowest BCUT2D eigenvalue weighted by atomic mass is 10.0. The van der Waals surface area contributed by atoms with Crippen LogP contribution in [0.15, 0.2) is 0 Å². The minimum Gasteiger partial charge on any atom is -0.396 e. The largest absolute Gasteiger partial charge is 0.396 e. The van der Waals surface area contributed by atoms with Gasteiger partial charge in [-0.1, -0.05) is 13.3 Å². The Bertz CT molecular complexity index is 457. The molecule has 0 amide bonds. The topological polar surface area (TPSA) is 93.2 Å². The fourth-order valence-electron chi connectivity index (χ4n) is 2.17. The van der Waals surface area contributed by atoms with Gasteiger partial charge in [-0.2, -0.15) is 5.10 Å². The molecule has 0 spiro atoms. The van der Waals surface area contributed by atoms with E-state index in [2.05, 4.69) is 10.4 Å². The quantitative estimate of drug-likeness (QED) is 0.565. The van der Waals surface area contributed by atoms with E-state index in [-0.39, 0.29) is 24.3 Å². The Morgan fingerprint density at radius 1 is 1.50 bits per heavy atom. The van der Waals surface area contributed by atoms with Crippen LogP contribution in [0.1, 0.15) is 45.3 Å². The molecule has 0 saturated heterocycles. The second kappa shape index (κ2) is 7.23. The molecule has 7 heteroatoms. The number of rotatable bonds is 8. The van der Waals surface area contributed by atoms with Crippen molar-refractivity contribution in [2.24, 2.45) is 5.92 Å². The van der Waals surface area contributed by atoms with Gasteiger partial charge in [0.25, 0.3) is 0 Å². The highest BCUT2D eigenvalue weighted by Gasteiger charge is 2.26. The van der Waals surface area contributed by atoms with Crippen molar-refractivity contribution in [2.75, 3.05) is 18.5 Å². The predicted octanol–water partition coefficient (Wildman–Crippen LogP) is 2.50. The number of nitrogens with one attached hydrogen (secondary N) is 1. The van der Waals surface area contributed by atoms with E-state index in [9.17, 15) is 10.1 Å². The SMILES string of the molecule is CCC(CCO)CNc1c([N+](=O)[O-])c(C)nn1C(C)C. The lowest BCUT2D eigenvalue weighted by Crippen LogP contribution is -2.18. The van der Waals surface area contributed by atoms with Crippen LogP contribution in [0.25, 0.3) is 0 Å². The van der Waals surface area contributed by atoms with E-state index in [0.29, 0.717) is 24.5 Å². The fraction of sp³-hybridized carbons (Fsp3) is 0.769. The molecule has 114 valence electrons. The highest BCUT2D eigenvalue weighted by Crippen LogP contribution is 2.30. The summed E-state index contributed by atoms with van der Waals surface area (Å²) >= 11 is 0. The molecule has 1 atom stereocenters. The second-order valence-corrected chi connectivity index (χ2v) is 5.25. The van der Waals surface area contributed by atoms with Gasteiger partial charge in [0.2, 0.25) is 5.82 Å². The summed E-state index contributed by atoms with van der Waals surface area (Å²) in [6.07, 6.45) is 1.60. The third-order valence-corrected chi connectivity index (χ3v) is 3.40. The number of aryl methyl sites for hydroxylation is 1. The first-order valence-corrected chi connectivity index (χ1v) is 7.00. The van der Waals surface area contributed by atoms with Gasteiger partial charge in [-0.05, 0) is 33.1 Å². The van der Waals surface area contributed by atoms with Crippen molar-refractivity contribution in [3.63, 3.8) is 0 Å². The van der Waals surface area contributed by atoms with Crippen LogP contribution in [-0.2, 0) is 0 Å². The van der Waals surface area contributed by atoms with Gasteiger partial charge in [0.15, 0.2) is 0 Å². The maximum atomic E-state index is 11.2.